The normalized spacial score (nSPS) is 23.5. The van der Waals surface area contributed by atoms with Crippen molar-refractivity contribution in [1.29, 1.82) is 0 Å². The summed E-state index contributed by atoms with van der Waals surface area (Å²) in [5.74, 6) is 0.544. The van der Waals surface area contributed by atoms with E-state index in [0.717, 1.165) is 29.7 Å². The molecule has 2 heterocycles. The second-order valence-electron chi connectivity index (χ2n) is 8.45. The van der Waals surface area contributed by atoms with Crippen LogP contribution in [0.4, 0.5) is 0 Å². The van der Waals surface area contributed by atoms with Crippen LogP contribution < -0.4 is 10.1 Å². The van der Waals surface area contributed by atoms with Gasteiger partial charge in [-0.05, 0) is 36.6 Å². The first-order valence-electron chi connectivity index (χ1n) is 10.5. The predicted molar refractivity (Wildman–Crippen MR) is 116 cm³/mol. The Morgan fingerprint density at radius 1 is 1.17 bits per heavy atom. The molecule has 1 N–H and O–H groups in total. The maximum Gasteiger partial charge on any atom is 0.252 e. The van der Waals surface area contributed by atoms with E-state index in [2.05, 4.69) is 10.2 Å². The van der Waals surface area contributed by atoms with Crippen LogP contribution in [0.5, 0.6) is 5.75 Å². The van der Waals surface area contributed by atoms with E-state index in [0.29, 0.717) is 26.2 Å². The average Bonchev–Trinajstić information content (AvgIpc) is 3.03. The van der Waals surface area contributed by atoms with E-state index in [1.54, 1.807) is 19.0 Å². The van der Waals surface area contributed by atoms with Crippen LogP contribution in [0.1, 0.15) is 22.3 Å². The van der Waals surface area contributed by atoms with Crippen molar-refractivity contribution in [1.82, 2.24) is 15.1 Å². The van der Waals surface area contributed by atoms with Gasteiger partial charge in [0.25, 0.3) is 5.91 Å². The first-order valence-corrected chi connectivity index (χ1v) is 10.5. The zero-order valence-electron chi connectivity index (χ0n) is 17.6. The lowest BCUT2D eigenvalue weighted by Gasteiger charge is -2.35. The molecule has 6 nitrogen and oxygen atoms in total. The first-order chi connectivity index (χ1) is 14.5. The molecule has 0 aromatic heterocycles. The van der Waals surface area contributed by atoms with Gasteiger partial charge in [0.1, 0.15) is 12.4 Å². The highest BCUT2D eigenvalue weighted by atomic mass is 16.5. The van der Waals surface area contributed by atoms with Crippen molar-refractivity contribution >= 4 is 11.8 Å². The summed E-state index contributed by atoms with van der Waals surface area (Å²) >= 11 is 0. The number of benzene rings is 2. The molecule has 2 amide bonds. The summed E-state index contributed by atoms with van der Waals surface area (Å²) in [7, 11) is 3.56. The van der Waals surface area contributed by atoms with E-state index in [9.17, 15) is 9.59 Å². The number of para-hydroxylation sites is 1. The molecular formula is C24H29N3O3. The van der Waals surface area contributed by atoms with Crippen molar-refractivity contribution in [3.8, 4) is 5.75 Å². The van der Waals surface area contributed by atoms with Crippen molar-refractivity contribution in [2.75, 3.05) is 40.3 Å². The van der Waals surface area contributed by atoms with Gasteiger partial charge in [-0.1, -0.05) is 36.4 Å². The fraction of sp³-hybridized carbons (Fsp3) is 0.417. The second-order valence-corrected chi connectivity index (χ2v) is 8.45. The van der Waals surface area contributed by atoms with Gasteiger partial charge in [0.15, 0.2) is 0 Å². The number of carbonyl (C=O) groups is 2. The zero-order valence-corrected chi connectivity index (χ0v) is 17.6. The number of ether oxygens (including phenoxy) is 1. The van der Waals surface area contributed by atoms with Gasteiger partial charge in [0, 0.05) is 39.3 Å². The number of nitrogens with zero attached hydrogens (tertiary/aromatic N) is 2. The molecule has 30 heavy (non-hydrogen) atoms. The van der Waals surface area contributed by atoms with Crippen LogP contribution in [0.15, 0.2) is 54.6 Å². The summed E-state index contributed by atoms with van der Waals surface area (Å²) in [5, 5.41) is 3.27. The minimum atomic E-state index is -0.565. The molecule has 0 bridgehead atoms. The van der Waals surface area contributed by atoms with Crippen molar-refractivity contribution in [2.45, 2.75) is 18.4 Å². The number of hydrogen-bond acceptors (Lipinski definition) is 4. The smallest absolute Gasteiger partial charge is 0.252 e. The van der Waals surface area contributed by atoms with Crippen LogP contribution in [0, 0.1) is 5.92 Å². The lowest BCUT2D eigenvalue weighted by molar-refractivity contribution is -0.134. The van der Waals surface area contributed by atoms with Crippen LogP contribution in [0.25, 0.3) is 0 Å². The molecule has 1 fully saturated rings. The number of carbonyl (C=O) groups excluding carboxylic acids is 2. The molecule has 158 valence electrons. The Morgan fingerprint density at radius 2 is 1.90 bits per heavy atom. The molecular weight excluding hydrogens is 378 g/mol. The number of amides is 2. The van der Waals surface area contributed by atoms with Gasteiger partial charge >= 0.3 is 0 Å². The second kappa shape index (κ2) is 8.48. The van der Waals surface area contributed by atoms with Crippen LogP contribution in [0.3, 0.4) is 0 Å². The Balaban J connectivity index is 1.51. The molecule has 2 aromatic rings. The number of likely N-dealkylation sites (tertiary alicyclic amines) is 1. The van der Waals surface area contributed by atoms with Gasteiger partial charge in [-0.3, -0.25) is 14.5 Å². The minimum Gasteiger partial charge on any atom is -0.492 e. The van der Waals surface area contributed by atoms with Crippen LogP contribution in [-0.4, -0.2) is 67.5 Å². The van der Waals surface area contributed by atoms with E-state index in [4.69, 9.17) is 4.74 Å². The van der Waals surface area contributed by atoms with Gasteiger partial charge in [0.2, 0.25) is 5.91 Å². The summed E-state index contributed by atoms with van der Waals surface area (Å²) in [5.41, 5.74) is 1.20. The maximum absolute atomic E-state index is 13.1. The SMILES string of the molecule is CN(C)C(=O)[C@H]1CN(CCOc2ccccc2)C[C@@]12CCc1ccccc1C(=O)N2. The van der Waals surface area contributed by atoms with Crippen LogP contribution >= 0.6 is 0 Å². The highest BCUT2D eigenvalue weighted by molar-refractivity contribution is 5.97. The minimum absolute atomic E-state index is 0.0627. The third-order valence-electron chi connectivity index (χ3n) is 6.24. The highest BCUT2D eigenvalue weighted by Gasteiger charge is 2.52. The molecule has 0 saturated carbocycles. The molecule has 0 unspecified atom stereocenters. The molecule has 1 saturated heterocycles. The molecule has 0 aliphatic carbocycles. The molecule has 1 spiro atoms. The molecule has 2 aliphatic heterocycles. The van der Waals surface area contributed by atoms with Crippen molar-refractivity contribution in [2.24, 2.45) is 5.92 Å². The number of nitrogens with one attached hydrogen (secondary N) is 1. The average molecular weight is 408 g/mol. The van der Waals surface area contributed by atoms with Gasteiger partial charge in [-0.15, -0.1) is 0 Å². The third-order valence-corrected chi connectivity index (χ3v) is 6.24. The van der Waals surface area contributed by atoms with Crippen LogP contribution in [-0.2, 0) is 11.2 Å². The predicted octanol–water partition coefficient (Wildman–Crippen LogP) is 2.20. The first kappa shape index (κ1) is 20.4. The van der Waals surface area contributed by atoms with Gasteiger partial charge < -0.3 is 15.0 Å². The van der Waals surface area contributed by atoms with Crippen molar-refractivity contribution in [3.63, 3.8) is 0 Å². The van der Waals surface area contributed by atoms with E-state index >= 15 is 0 Å². The Labute approximate surface area is 177 Å². The largest absolute Gasteiger partial charge is 0.492 e. The Kier molecular flexibility index (Phi) is 5.77. The van der Waals surface area contributed by atoms with E-state index in [1.165, 1.54) is 0 Å². The number of fused-ring (bicyclic) bond motifs is 1. The Morgan fingerprint density at radius 3 is 2.67 bits per heavy atom. The summed E-state index contributed by atoms with van der Waals surface area (Å²) in [6, 6.07) is 17.5. The summed E-state index contributed by atoms with van der Waals surface area (Å²) < 4.78 is 5.86. The zero-order chi connectivity index (χ0) is 21.1. The van der Waals surface area contributed by atoms with Gasteiger partial charge in [-0.25, -0.2) is 0 Å². The lowest BCUT2D eigenvalue weighted by atomic mass is 9.81. The van der Waals surface area contributed by atoms with E-state index < -0.39 is 5.54 Å². The Bertz CT molecular complexity index is 915. The standard InChI is InChI=1S/C24H29N3O3/c1-26(2)23(29)21-16-27(14-15-30-19-9-4-3-5-10-19)17-24(21)13-12-18-8-6-7-11-20(18)22(28)25-24/h3-11,21H,12-17H2,1-2H3,(H,25,28)/t21-,24+/m1/s1. The van der Waals surface area contributed by atoms with Crippen molar-refractivity contribution < 1.29 is 14.3 Å². The van der Waals surface area contributed by atoms with Crippen LogP contribution in [0.2, 0.25) is 0 Å². The number of rotatable bonds is 5. The summed E-state index contributed by atoms with van der Waals surface area (Å²) in [6.45, 7) is 2.51. The van der Waals surface area contributed by atoms with E-state index in [-0.39, 0.29) is 17.7 Å². The Hall–Kier alpha value is -2.86. The quantitative estimate of drug-likeness (QED) is 0.826. The summed E-state index contributed by atoms with van der Waals surface area (Å²) in [4.78, 5) is 30.0. The monoisotopic (exact) mass is 407 g/mol. The fourth-order valence-corrected chi connectivity index (χ4v) is 4.67. The molecule has 6 heteroatoms. The molecule has 4 rings (SSSR count). The molecule has 2 aliphatic rings. The highest BCUT2D eigenvalue weighted by Crippen LogP contribution is 2.36. The lowest BCUT2D eigenvalue weighted by Crippen LogP contribution is -2.57. The molecule has 0 radical (unpaired) electrons. The molecule has 2 atom stereocenters. The fourth-order valence-electron chi connectivity index (χ4n) is 4.67. The molecule has 2 aromatic carbocycles. The number of hydrogen-bond donors (Lipinski definition) is 1. The number of aryl methyl sites for hydroxylation is 1. The summed E-state index contributed by atoms with van der Waals surface area (Å²) in [6.07, 6.45) is 1.52. The third kappa shape index (κ3) is 4.05. The van der Waals surface area contributed by atoms with E-state index in [1.807, 2.05) is 54.6 Å². The van der Waals surface area contributed by atoms with Gasteiger partial charge in [0.05, 0.1) is 11.5 Å². The van der Waals surface area contributed by atoms with Crippen molar-refractivity contribution in [3.05, 3.63) is 65.7 Å². The van der Waals surface area contributed by atoms with Gasteiger partial charge in [-0.2, -0.15) is 0 Å². The maximum atomic E-state index is 13.1. The topological polar surface area (TPSA) is 61.9 Å².